The molecular weight excluding hydrogens is 392 g/mol. The molecule has 0 spiro atoms. The van der Waals surface area contributed by atoms with Crippen molar-refractivity contribution in [2.24, 2.45) is 13.0 Å². The van der Waals surface area contributed by atoms with Crippen LogP contribution >= 0.6 is 23.1 Å². The topological polar surface area (TPSA) is 84.3 Å². The van der Waals surface area contributed by atoms with E-state index in [2.05, 4.69) is 10.3 Å². The van der Waals surface area contributed by atoms with E-state index >= 15 is 0 Å². The highest BCUT2D eigenvalue weighted by Gasteiger charge is 2.33. The Bertz CT molecular complexity index is 833. The average molecular weight is 415 g/mol. The minimum Gasteiger partial charge on any atom is -0.355 e. The summed E-state index contributed by atoms with van der Waals surface area (Å²) in [4.78, 5) is 16.6. The second kappa shape index (κ2) is 8.55. The van der Waals surface area contributed by atoms with Crippen LogP contribution < -0.4 is 5.32 Å². The van der Waals surface area contributed by atoms with E-state index in [0.717, 1.165) is 17.3 Å². The molecule has 1 N–H and O–H groups in total. The number of aromatic nitrogens is 2. The van der Waals surface area contributed by atoms with Crippen LogP contribution in [0.15, 0.2) is 39.3 Å². The number of thioether (sulfide) groups is 1. The fourth-order valence-electron chi connectivity index (χ4n) is 2.86. The molecule has 3 heterocycles. The summed E-state index contributed by atoms with van der Waals surface area (Å²) in [6.07, 6.45) is 5.04. The molecule has 2 aromatic rings. The molecule has 1 amide bonds. The summed E-state index contributed by atoms with van der Waals surface area (Å²) in [7, 11) is -1.56. The standard InChI is InChI=1S/C16H22N4O3S3/c1-19-9-6-18-16(19)25-11-7-17-15(21)13-4-2-8-20(12-13)26(22,23)14-5-3-10-24-14/h3,5-6,9-10,13H,2,4,7-8,11-12H2,1H3,(H,17,21)/t13-/m0/s1. The minimum atomic E-state index is -3.49. The van der Waals surface area contributed by atoms with Gasteiger partial charge in [-0.05, 0) is 24.3 Å². The molecule has 1 saturated heterocycles. The number of nitrogens with one attached hydrogen (secondary N) is 1. The molecule has 1 fully saturated rings. The van der Waals surface area contributed by atoms with E-state index in [0.29, 0.717) is 23.7 Å². The van der Waals surface area contributed by atoms with Gasteiger partial charge in [0.15, 0.2) is 5.16 Å². The fraction of sp³-hybridized carbons (Fsp3) is 0.500. The average Bonchev–Trinajstić information content (AvgIpc) is 3.31. The van der Waals surface area contributed by atoms with E-state index in [1.165, 1.54) is 15.6 Å². The molecule has 0 unspecified atom stereocenters. The van der Waals surface area contributed by atoms with E-state index in [-0.39, 0.29) is 18.4 Å². The number of carbonyl (C=O) groups excluding carboxylic acids is 1. The number of aryl methyl sites for hydroxylation is 1. The van der Waals surface area contributed by atoms with Crippen molar-refractivity contribution < 1.29 is 13.2 Å². The predicted molar refractivity (Wildman–Crippen MR) is 103 cm³/mol. The summed E-state index contributed by atoms with van der Waals surface area (Å²) in [6.45, 7) is 1.25. The lowest BCUT2D eigenvalue weighted by atomic mass is 9.99. The Balaban J connectivity index is 1.49. The van der Waals surface area contributed by atoms with Crippen molar-refractivity contribution >= 4 is 39.0 Å². The molecule has 10 heteroatoms. The van der Waals surface area contributed by atoms with Gasteiger partial charge >= 0.3 is 0 Å². The Morgan fingerprint density at radius 3 is 3.04 bits per heavy atom. The Labute approximate surface area is 161 Å². The number of amides is 1. The van der Waals surface area contributed by atoms with E-state index in [1.807, 2.05) is 17.8 Å². The lowest BCUT2D eigenvalue weighted by Crippen LogP contribution is -2.45. The van der Waals surface area contributed by atoms with Crippen LogP contribution in [0.3, 0.4) is 0 Å². The molecule has 0 saturated carbocycles. The first kappa shape index (κ1) is 19.4. The van der Waals surface area contributed by atoms with Gasteiger partial charge in [0.1, 0.15) is 4.21 Å². The third kappa shape index (κ3) is 4.48. The molecule has 2 aromatic heterocycles. The summed E-state index contributed by atoms with van der Waals surface area (Å²) in [5.74, 6) is 0.355. The molecule has 26 heavy (non-hydrogen) atoms. The zero-order valence-corrected chi connectivity index (χ0v) is 16.9. The van der Waals surface area contributed by atoms with Crippen LogP contribution in [0, 0.1) is 5.92 Å². The monoisotopic (exact) mass is 414 g/mol. The van der Waals surface area contributed by atoms with E-state index in [9.17, 15) is 13.2 Å². The van der Waals surface area contributed by atoms with Crippen molar-refractivity contribution in [2.45, 2.75) is 22.2 Å². The lowest BCUT2D eigenvalue weighted by molar-refractivity contribution is -0.125. The first-order valence-electron chi connectivity index (χ1n) is 8.40. The number of nitrogens with zero attached hydrogens (tertiary/aromatic N) is 3. The van der Waals surface area contributed by atoms with Crippen molar-refractivity contribution in [2.75, 3.05) is 25.4 Å². The first-order chi connectivity index (χ1) is 12.5. The van der Waals surface area contributed by atoms with Crippen molar-refractivity contribution in [3.63, 3.8) is 0 Å². The SMILES string of the molecule is Cn1ccnc1SCCNC(=O)[C@H]1CCCN(S(=O)(=O)c2cccs2)C1. The normalized spacial score (nSPS) is 18.7. The van der Waals surface area contributed by atoms with Crippen LogP contribution in [0.25, 0.3) is 0 Å². The maximum atomic E-state index is 12.6. The second-order valence-electron chi connectivity index (χ2n) is 6.09. The molecule has 0 bridgehead atoms. The van der Waals surface area contributed by atoms with Crippen molar-refractivity contribution in [1.82, 2.24) is 19.2 Å². The van der Waals surface area contributed by atoms with Crippen LogP contribution in [0.4, 0.5) is 0 Å². The Morgan fingerprint density at radius 1 is 1.50 bits per heavy atom. The second-order valence-corrected chi connectivity index (χ2v) is 10.3. The maximum Gasteiger partial charge on any atom is 0.252 e. The minimum absolute atomic E-state index is 0.0727. The number of hydrogen-bond donors (Lipinski definition) is 1. The Kier molecular flexibility index (Phi) is 6.38. The largest absolute Gasteiger partial charge is 0.355 e. The lowest BCUT2D eigenvalue weighted by Gasteiger charge is -2.30. The van der Waals surface area contributed by atoms with Crippen molar-refractivity contribution in [1.29, 1.82) is 0 Å². The number of thiophene rings is 1. The highest BCUT2D eigenvalue weighted by Crippen LogP contribution is 2.26. The van der Waals surface area contributed by atoms with E-state index < -0.39 is 10.0 Å². The smallest absolute Gasteiger partial charge is 0.252 e. The van der Waals surface area contributed by atoms with Gasteiger partial charge in [-0.25, -0.2) is 13.4 Å². The van der Waals surface area contributed by atoms with Gasteiger partial charge < -0.3 is 9.88 Å². The Hall–Kier alpha value is -1.36. The number of hydrogen-bond acceptors (Lipinski definition) is 6. The summed E-state index contributed by atoms with van der Waals surface area (Å²) >= 11 is 2.79. The van der Waals surface area contributed by atoms with Gasteiger partial charge in [-0.15, -0.1) is 11.3 Å². The van der Waals surface area contributed by atoms with Gasteiger partial charge in [-0.1, -0.05) is 17.8 Å². The van der Waals surface area contributed by atoms with Crippen LogP contribution in [-0.4, -0.2) is 53.6 Å². The van der Waals surface area contributed by atoms with E-state index in [1.54, 1.807) is 35.5 Å². The molecule has 0 radical (unpaired) electrons. The first-order valence-corrected chi connectivity index (χ1v) is 11.7. The van der Waals surface area contributed by atoms with Crippen molar-refractivity contribution in [3.05, 3.63) is 29.9 Å². The Morgan fingerprint density at radius 2 is 2.35 bits per heavy atom. The zero-order valence-electron chi connectivity index (χ0n) is 14.5. The fourth-order valence-corrected chi connectivity index (χ4v) is 6.32. The molecule has 1 aliphatic rings. The van der Waals surface area contributed by atoms with Gasteiger partial charge in [-0.3, -0.25) is 4.79 Å². The van der Waals surface area contributed by atoms with Gasteiger partial charge in [0.2, 0.25) is 5.91 Å². The van der Waals surface area contributed by atoms with Crippen LogP contribution in [0.1, 0.15) is 12.8 Å². The highest BCUT2D eigenvalue weighted by molar-refractivity contribution is 7.99. The number of sulfonamides is 1. The van der Waals surface area contributed by atoms with E-state index in [4.69, 9.17) is 0 Å². The summed E-state index contributed by atoms with van der Waals surface area (Å²) in [6, 6.07) is 3.34. The predicted octanol–water partition coefficient (Wildman–Crippen LogP) is 1.79. The van der Waals surface area contributed by atoms with Crippen LogP contribution in [0.2, 0.25) is 0 Å². The third-order valence-electron chi connectivity index (χ3n) is 4.25. The summed E-state index contributed by atoms with van der Waals surface area (Å²) < 4.78 is 29.0. The molecule has 142 valence electrons. The van der Waals surface area contributed by atoms with Gasteiger partial charge in [0.25, 0.3) is 10.0 Å². The molecular formula is C16H22N4O3S3. The third-order valence-corrected chi connectivity index (χ3v) is 8.55. The van der Waals surface area contributed by atoms with Crippen LogP contribution in [-0.2, 0) is 21.9 Å². The molecule has 3 rings (SSSR count). The quantitative estimate of drug-likeness (QED) is 0.552. The maximum absolute atomic E-state index is 12.6. The highest BCUT2D eigenvalue weighted by atomic mass is 32.2. The van der Waals surface area contributed by atoms with Crippen molar-refractivity contribution in [3.8, 4) is 0 Å². The molecule has 0 aromatic carbocycles. The summed E-state index contributed by atoms with van der Waals surface area (Å²) in [5, 5.41) is 5.58. The molecule has 0 aliphatic carbocycles. The molecule has 1 atom stereocenters. The van der Waals surface area contributed by atoms with Gasteiger partial charge in [0.05, 0.1) is 5.92 Å². The number of piperidine rings is 1. The zero-order chi connectivity index (χ0) is 18.6. The molecule has 7 nitrogen and oxygen atoms in total. The molecule has 1 aliphatic heterocycles. The van der Waals surface area contributed by atoms with Gasteiger partial charge in [0, 0.05) is 44.8 Å². The number of imidazole rings is 1. The van der Waals surface area contributed by atoms with Gasteiger partial charge in [-0.2, -0.15) is 4.31 Å². The van der Waals surface area contributed by atoms with Crippen LogP contribution in [0.5, 0.6) is 0 Å². The number of rotatable bonds is 7. The summed E-state index contributed by atoms with van der Waals surface area (Å²) in [5.41, 5.74) is 0. The number of carbonyl (C=O) groups is 1.